The van der Waals surface area contributed by atoms with Crippen LogP contribution in [0, 0.1) is 23.7 Å². The molecule has 0 saturated heterocycles. The van der Waals surface area contributed by atoms with Crippen LogP contribution in [0.25, 0.3) is 0 Å². The Bertz CT molecular complexity index is 396. The molecule has 0 bridgehead atoms. The molecule has 3 fully saturated rings. The minimum atomic E-state index is -0.0370. The molecule has 0 amide bonds. The molecule has 0 N–H and O–H groups in total. The molecule has 150 valence electrons. The van der Waals surface area contributed by atoms with E-state index in [0.29, 0.717) is 23.4 Å². The normalized spacial score (nSPS) is 30.3. The maximum absolute atomic E-state index is 11.5. The van der Waals surface area contributed by atoms with Crippen LogP contribution in [-0.2, 0) is 19.1 Å². The molecule has 0 spiro atoms. The van der Waals surface area contributed by atoms with Gasteiger partial charge in [-0.1, -0.05) is 0 Å². The fourth-order valence-electron chi connectivity index (χ4n) is 4.92. The minimum Gasteiger partial charge on any atom is -0.353 e. The van der Waals surface area contributed by atoms with Gasteiger partial charge in [0, 0.05) is 38.9 Å². The first kappa shape index (κ1) is 23.0. The molecule has 0 aromatic carbocycles. The van der Waals surface area contributed by atoms with Crippen LogP contribution < -0.4 is 0 Å². The van der Waals surface area contributed by atoms with E-state index in [2.05, 4.69) is 13.2 Å². The fraction of sp³-hybridized carbons (Fsp3) is 0.818. The van der Waals surface area contributed by atoms with E-state index in [-0.39, 0.29) is 6.29 Å². The molecule has 3 rings (SSSR count). The van der Waals surface area contributed by atoms with Crippen molar-refractivity contribution < 1.29 is 19.1 Å². The number of hydrogen-bond donors (Lipinski definition) is 0. The van der Waals surface area contributed by atoms with Gasteiger partial charge in [-0.3, -0.25) is 9.59 Å². The van der Waals surface area contributed by atoms with E-state index in [4.69, 9.17) is 9.47 Å². The second-order valence-corrected chi connectivity index (χ2v) is 7.47. The maximum Gasteiger partial charge on any atom is 0.154 e. The van der Waals surface area contributed by atoms with Crippen LogP contribution in [0.4, 0.5) is 0 Å². The summed E-state index contributed by atoms with van der Waals surface area (Å²) in [5.41, 5.74) is 0. The standard InChI is InChI=1S/C14H20O2.C6H14O2.C2H4/c15-11-3-5-13-9(7-11)1-2-10-8-12(16)4-6-14(10)13;1-4-7-6(3)8-5-2;1-2/h9-10,13-14H,1-8H2;6H,4-5H2,1-3H3;1-2H2. The Hall–Kier alpha value is -1.00. The van der Waals surface area contributed by atoms with Gasteiger partial charge in [0.2, 0.25) is 0 Å². The van der Waals surface area contributed by atoms with Crippen molar-refractivity contribution in [2.24, 2.45) is 23.7 Å². The largest absolute Gasteiger partial charge is 0.353 e. The highest BCUT2D eigenvalue weighted by Gasteiger charge is 2.43. The molecule has 3 aliphatic rings. The van der Waals surface area contributed by atoms with Gasteiger partial charge in [-0.25, -0.2) is 0 Å². The first-order valence-corrected chi connectivity index (χ1v) is 10.3. The van der Waals surface area contributed by atoms with Crippen LogP contribution in [0.3, 0.4) is 0 Å². The number of hydrogen-bond acceptors (Lipinski definition) is 4. The molecule has 4 unspecified atom stereocenters. The number of carbonyl (C=O) groups excluding carboxylic acids is 2. The SMILES string of the molecule is C=C.CCOC(C)OCC.O=C1CCC2C(CCC3CC(=O)CCC32)C1. The lowest BCUT2D eigenvalue weighted by molar-refractivity contribution is -0.130. The second kappa shape index (κ2) is 12.4. The quantitative estimate of drug-likeness (QED) is 0.521. The zero-order valence-electron chi connectivity index (χ0n) is 17.0. The number of ketones is 2. The summed E-state index contributed by atoms with van der Waals surface area (Å²) in [4.78, 5) is 23.0. The van der Waals surface area contributed by atoms with E-state index in [1.165, 1.54) is 12.8 Å². The van der Waals surface area contributed by atoms with Crippen LogP contribution in [0.5, 0.6) is 0 Å². The maximum atomic E-state index is 11.5. The Kier molecular flexibility index (Phi) is 11.0. The average Bonchev–Trinajstić information content (AvgIpc) is 2.64. The Morgan fingerprint density at radius 2 is 1.23 bits per heavy atom. The summed E-state index contributed by atoms with van der Waals surface area (Å²) in [6, 6.07) is 0. The summed E-state index contributed by atoms with van der Waals surface area (Å²) in [7, 11) is 0. The third kappa shape index (κ3) is 6.96. The number of ether oxygens (including phenoxy) is 2. The second-order valence-electron chi connectivity index (χ2n) is 7.47. The Balaban J connectivity index is 0.000000290. The van der Waals surface area contributed by atoms with E-state index in [9.17, 15) is 9.59 Å². The highest BCUT2D eigenvalue weighted by atomic mass is 16.7. The van der Waals surface area contributed by atoms with E-state index in [0.717, 1.165) is 63.6 Å². The molecule has 0 aromatic heterocycles. The molecule has 0 aromatic rings. The Morgan fingerprint density at radius 3 is 1.58 bits per heavy atom. The van der Waals surface area contributed by atoms with Gasteiger partial charge in [0.1, 0.15) is 11.6 Å². The number of rotatable bonds is 4. The summed E-state index contributed by atoms with van der Waals surface area (Å²) in [5.74, 6) is 3.82. The third-order valence-electron chi connectivity index (χ3n) is 5.96. The van der Waals surface area contributed by atoms with Crippen molar-refractivity contribution in [1.29, 1.82) is 0 Å². The van der Waals surface area contributed by atoms with E-state index in [1.54, 1.807) is 0 Å². The molecule has 0 aliphatic heterocycles. The minimum absolute atomic E-state index is 0.0370. The number of Topliss-reactive ketones (excluding diaryl/α,β-unsaturated/α-hetero) is 2. The van der Waals surface area contributed by atoms with Gasteiger partial charge in [-0.15, -0.1) is 13.2 Å². The lowest BCUT2D eigenvalue weighted by Crippen LogP contribution is -2.41. The molecular formula is C22H38O4. The summed E-state index contributed by atoms with van der Waals surface area (Å²) in [6.45, 7) is 13.3. The zero-order valence-corrected chi connectivity index (χ0v) is 17.0. The van der Waals surface area contributed by atoms with E-state index in [1.807, 2.05) is 20.8 Å². The first-order chi connectivity index (χ1) is 12.5. The number of carbonyl (C=O) groups is 2. The van der Waals surface area contributed by atoms with Crippen LogP contribution in [0.1, 0.15) is 72.1 Å². The molecular weight excluding hydrogens is 328 g/mol. The summed E-state index contributed by atoms with van der Waals surface area (Å²) in [5, 5.41) is 0. The summed E-state index contributed by atoms with van der Waals surface area (Å²) in [6.07, 6.45) is 7.86. The lowest BCUT2D eigenvalue weighted by atomic mass is 9.57. The predicted octanol–water partition coefficient (Wildman–Crippen LogP) is 4.96. The monoisotopic (exact) mass is 366 g/mol. The summed E-state index contributed by atoms with van der Waals surface area (Å²) >= 11 is 0. The topological polar surface area (TPSA) is 52.6 Å². The van der Waals surface area contributed by atoms with Gasteiger partial charge < -0.3 is 9.47 Å². The zero-order chi connectivity index (χ0) is 19.5. The molecule has 4 atom stereocenters. The van der Waals surface area contributed by atoms with Gasteiger partial charge in [-0.05, 0) is 70.1 Å². The van der Waals surface area contributed by atoms with Crippen molar-refractivity contribution >= 4 is 11.6 Å². The molecule has 3 aliphatic carbocycles. The van der Waals surface area contributed by atoms with Crippen LogP contribution in [0.15, 0.2) is 13.2 Å². The van der Waals surface area contributed by atoms with Crippen LogP contribution >= 0.6 is 0 Å². The van der Waals surface area contributed by atoms with E-state index < -0.39 is 0 Å². The van der Waals surface area contributed by atoms with Gasteiger partial charge in [-0.2, -0.15) is 0 Å². The van der Waals surface area contributed by atoms with Crippen molar-refractivity contribution in [3.63, 3.8) is 0 Å². The molecule has 0 radical (unpaired) electrons. The van der Waals surface area contributed by atoms with Gasteiger partial charge >= 0.3 is 0 Å². The van der Waals surface area contributed by atoms with Gasteiger partial charge in [0.25, 0.3) is 0 Å². The van der Waals surface area contributed by atoms with Crippen LogP contribution in [-0.4, -0.2) is 31.1 Å². The molecule has 0 heterocycles. The average molecular weight is 367 g/mol. The van der Waals surface area contributed by atoms with Crippen molar-refractivity contribution in [3.8, 4) is 0 Å². The fourth-order valence-corrected chi connectivity index (χ4v) is 4.92. The molecule has 3 saturated carbocycles. The Morgan fingerprint density at radius 1 is 0.846 bits per heavy atom. The Labute approximate surface area is 159 Å². The highest BCUT2D eigenvalue weighted by molar-refractivity contribution is 5.80. The first-order valence-electron chi connectivity index (χ1n) is 10.3. The predicted molar refractivity (Wildman–Crippen MR) is 105 cm³/mol. The smallest absolute Gasteiger partial charge is 0.154 e. The highest BCUT2D eigenvalue weighted by Crippen LogP contribution is 2.50. The third-order valence-corrected chi connectivity index (χ3v) is 5.96. The van der Waals surface area contributed by atoms with Crippen LogP contribution in [0.2, 0.25) is 0 Å². The molecule has 26 heavy (non-hydrogen) atoms. The summed E-state index contributed by atoms with van der Waals surface area (Å²) < 4.78 is 10.1. The van der Waals surface area contributed by atoms with Crippen molar-refractivity contribution in [2.75, 3.05) is 13.2 Å². The molecule has 4 nitrogen and oxygen atoms in total. The molecule has 4 heteroatoms. The van der Waals surface area contributed by atoms with Gasteiger partial charge in [0.05, 0.1) is 0 Å². The van der Waals surface area contributed by atoms with Crippen molar-refractivity contribution in [1.82, 2.24) is 0 Å². The van der Waals surface area contributed by atoms with Crippen molar-refractivity contribution in [2.45, 2.75) is 78.4 Å². The lowest BCUT2D eigenvalue weighted by Gasteiger charge is -2.47. The van der Waals surface area contributed by atoms with Crippen molar-refractivity contribution in [3.05, 3.63) is 13.2 Å². The van der Waals surface area contributed by atoms with E-state index >= 15 is 0 Å². The van der Waals surface area contributed by atoms with Gasteiger partial charge in [0.15, 0.2) is 6.29 Å². The number of fused-ring (bicyclic) bond motifs is 3.